The van der Waals surface area contributed by atoms with Crippen LogP contribution in [-0.2, 0) is 0 Å². The van der Waals surface area contributed by atoms with Crippen molar-refractivity contribution < 1.29 is 4.74 Å². The molecule has 1 aromatic rings. The van der Waals surface area contributed by atoms with E-state index in [2.05, 4.69) is 12.2 Å². The van der Waals surface area contributed by atoms with Gasteiger partial charge in [-0.2, -0.15) is 0 Å². The fourth-order valence-electron chi connectivity index (χ4n) is 2.38. The monoisotopic (exact) mass is 261 g/mol. The molecule has 106 valence electrons. The molecule has 2 nitrogen and oxygen atoms in total. The van der Waals surface area contributed by atoms with Crippen molar-refractivity contribution in [1.82, 2.24) is 5.32 Å². The van der Waals surface area contributed by atoms with Crippen LogP contribution >= 0.6 is 0 Å². The molecular weight excluding hydrogens is 234 g/mol. The third kappa shape index (κ3) is 6.11. The average molecular weight is 261 g/mol. The van der Waals surface area contributed by atoms with Gasteiger partial charge in [-0.15, -0.1) is 0 Å². The van der Waals surface area contributed by atoms with Gasteiger partial charge >= 0.3 is 0 Å². The van der Waals surface area contributed by atoms with E-state index in [1.165, 1.54) is 32.1 Å². The minimum absolute atomic E-state index is 0.629. The molecule has 1 aromatic carbocycles. The van der Waals surface area contributed by atoms with Gasteiger partial charge in [-0.25, -0.2) is 0 Å². The fraction of sp³-hybridized carbons (Fsp3) is 0.647. The first-order valence-electron chi connectivity index (χ1n) is 7.79. The number of benzene rings is 1. The quantitative estimate of drug-likeness (QED) is 0.687. The number of hydrogen-bond acceptors (Lipinski definition) is 2. The molecule has 0 aliphatic heterocycles. The van der Waals surface area contributed by atoms with E-state index in [1.54, 1.807) is 0 Å². The maximum absolute atomic E-state index is 5.80. The molecule has 1 saturated carbocycles. The lowest BCUT2D eigenvalue weighted by molar-refractivity contribution is 0.278. The van der Waals surface area contributed by atoms with Crippen LogP contribution in [0.25, 0.3) is 0 Å². The molecule has 1 aliphatic carbocycles. The first kappa shape index (κ1) is 14.4. The van der Waals surface area contributed by atoms with Gasteiger partial charge in [-0.05, 0) is 50.3 Å². The predicted molar refractivity (Wildman–Crippen MR) is 80.6 cm³/mol. The summed E-state index contributed by atoms with van der Waals surface area (Å²) in [6, 6.07) is 10.7. The molecule has 1 N–H and O–H groups in total. The Hall–Kier alpha value is -1.02. The average Bonchev–Trinajstić information content (AvgIpc) is 3.26. The van der Waals surface area contributed by atoms with Crippen LogP contribution in [0.2, 0.25) is 0 Å². The molecule has 0 radical (unpaired) electrons. The van der Waals surface area contributed by atoms with Crippen LogP contribution in [0.4, 0.5) is 0 Å². The Morgan fingerprint density at radius 1 is 1.21 bits per heavy atom. The van der Waals surface area contributed by atoms with E-state index in [0.29, 0.717) is 6.04 Å². The van der Waals surface area contributed by atoms with Crippen molar-refractivity contribution in [3.63, 3.8) is 0 Å². The lowest BCUT2D eigenvalue weighted by atomic mass is 10.1. The number of nitrogens with one attached hydrogen (secondary N) is 1. The summed E-state index contributed by atoms with van der Waals surface area (Å²) >= 11 is 0. The Morgan fingerprint density at radius 3 is 2.68 bits per heavy atom. The van der Waals surface area contributed by atoms with Crippen LogP contribution in [0.3, 0.4) is 0 Å². The number of hydrogen-bond donors (Lipinski definition) is 1. The Balaban J connectivity index is 1.65. The van der Waals surface area contributed by atoms with Gasteiger partial charge in [0.25, 0.3) is 0 Å². The molecule has 1 fully saturated rings. The number of ether oxygens (including phenoxy) is 1. The highest BCUT2D eigenvalue weighted by molar-refractivity contribution is 5.20. The van der Waals surface area contributed by atoms with Crippen molar-refractivity contribution in [2.45, 2.75) is 51.5 Å². The molecule has 0 saturated heterocycles. The van der Waals surface area contributed by atoms with Gasteiger partial charge in [-0.1, -0.05) is 38.0 Å². The van der Waals surface area contributed by atoms with Gasteiger partial charge < -0.3 is 10.1 Å². The molecule has 0 bridgehead atoms. The molecule has 2 heteroatoms. The fourth-order valence-corrected chi connectivity index (χ4v) is 2.38. The van der Waals surface area contributed by atoms with Crippen LogP contribution in [0.15, 0.2) is 30.3 Å². The highest BCUT2D eigenvalue weighted by atomic mass is 16.5. The minimum Gasteiger partial charge on any atom is -0.494 e. The summed E-state index contributed by atoms with van der Waals surface area (Å²) < 4.78 is 5.80. The highest BCUT2D eigenvalue weighted by Gasteiger charge is 2.22. The number of para-hydroxylation sites is 1. The van der Waals surface area contributed by atoms with Crippen LogP contribution in [0.1, 0.15) is 45.4 Å². The van der Waals surface area contributed by atoms with E-state index in [1.807, 2.05) is 30.3 Å². The topological polar surface area (TPSA) is 21.3 Å². The lowest BCUT2D eigenvalue weighted by Crippen LogP contribution is -2.31. The van der Waals surface area contributed by atoms with Crippen molar-refractivity contribution in [3.8, 4) is 5.75 Å². The third-order valence-corrected chi connectivity index (χ3v) is 3.78. The van der Waals surface area contributed by atoms with E-state index in [4.69, 9.17) is 4.74 Å². The van der Waals surface area contributed by atoms with E-state index in [-0.39, 0.29) is 0 Å². The molecular formula is C17H27NO. The standard InChI is InChI=1S/C17H27NO/c1-2-13-18-16(11-10-15-8-9-15)12-14-19-17-6-4-3-5-7-17/h3-7,15-16,18H,2,8-14H2,1H3. The van der Waals surface area contributed by atoms with Gasteiger partial charge in [0, 0.05) is 6.04 Å². The van der Waals surface area contributed by atoms with E-state index >= 15 is 0 Å². The molecule has 0 aromatic heterocycles. The second-order valence-corrected chi connectivity index (χ2v) is 5.62. The molecule has 1 aliphatic rings. The molecule has 0 amide bonds. The van der Waals surface area contributed by atoms with Crippen LogP contribution < -0.4 is 10.1 Å². The summed E-state index contributed by atoms with van der Waals surface area (Å²) in [7, 11) is 0. The van der Waals surface area contributed by atoms with E-state index in [0.717, 1.165) is 31.2 Å². The Morgan fingerprint density at radius 2 is 2.00 bits per heavy atom. The van der Waals surface area contributed by atoms with Gasteiger partial charge in [0.15, 0.2) is 0 Å². The second kappa shape index (κ2) is 8.21. The van der Waals surface area contributed by atoms with Crippen molar-refractivity contribution in [2.24, 2.45) is 5.92 Å². The van der Waals surface area contributed by atoms with Gasteiger partial charge in [0.1, 0.15) is 5.75 Å². The molecule has 19 heavy (non-hydrogen) atoms. The number of rotatable bonds is 10. The molecule has 1 unspecified atom stereocenters. The SMILES string of the molecule is CCCNC(CCOc1ccccc1)CCC1CC1. The Kier molecular flexibility index (Phi) is 6.22. The zero-order chi connectivity index (χ0) is 13.3. The van der Waals surface area contributed by atoms with Crippen LogP contribution in [0, 0.1) is 5.92 Å². The van der Waals surface area contributed by atoms with E-state index in [9.17, 15) is 0 Å². The maximum Gasteiger partial charge on any atom is 0.119 e. The van der Waals surface area contributed by atoms with Crippen LogP contribution in [-0.4, -0.2) is 19.2 Å². The van der Waals surface area contributed by atoms with Crippen molar-refractivity contribution >= 4 is 0 Å². The summed E-state index contributed by atoms with van der Waals surface area (Å²) in [5.74, 6) is 2.01. The van der Waals surface area contributed by atoms with Gasteiger partial charge in [-0.3, -0.25) is 0 Å². The van der Waals surface area contributed by atoms with Crippen LogP contribution in [0.5, 0.6) is 5.75 Å². The van der Waals surface area contributed by atoms with Crippen molar-refractivity contribution in [3.05, 3.63) is 30.3 Å². The zero-order valence-electron chi connectivity index (χ0n) is 12.1. The van der Waals surface area contributed by atoms with Gasteiger partial charge in [0.05, 0.1) is 6.61 Å². The Bertz CT molecular complexity index is 334. The maximum atomic E-state index is 5.80. The molecule has 2 rings (SSSR count). The minimum atomic E-state index is 0.629. The summed E-state index contributed by atoms with van der Waals surface area (Å²) in [6.07, 6.45) is 7.94. The van der Waals surface area contributed by atoms with Crippen molar-refractivity contribution in [2.75, 3.05) is 13.2 Å². The highest BCUT2D eigenvalue weighted by Crippen LogP contribution is 2.34. The van der Waals surface area contributed by atoms with E-state index < -0.39 is 0 Å². The smallest absolute Gasteiger partial charge is 0.119 e. The summed E-state index contributed by atoms with van der Waals surface area (Å²) in [5.41, 5.74) is 0. The zero-order valence-corrected chi connectivity index (χ0v) is 12.1. The Labute approximate surface area is 117 Å². The summed E-state index contributed by atoms with van der Waals surface area (Å²) in [4.78, 5) is 0. The first-order valence-corrected chi connectivity index (χ1v) is 7.79. The summed E-state index contributed by atoms with van der Waals surface area (Å²) in [5, 5.41) is 3.66. The summed E-state index contributed by atoms with van der Waals surface area (Å²) in [6.45, 7) is 4.17. The van der Waals surface area contributed by atoms with Crippen molar-refractivity contribution in [1.29, 1.82) is 0 Å². The molecule has 1 atom stereocenters. The molecule has 0 spiro atoms. The second-order valence-electron chi connectivity index (χ2n) is 5.62. The van der Waals surface area contributed by atoms with Gasteiger partial charge in [0.2, 0.25) is 0 Å². The predicted octanol–water partition coefficient (Wildman–Crippen LogP) is 4.01. The first-order chi connectivity index (χ1) is 9.38. The lowest BCUT2D eigenvalue weighted by Gasteiger charge is -2.18. The third-order valence-electron chi connectivity index (χ3n) is 3.78. The normalized spacial score (nSPS) is 16.3. The largest absolute Gasteiger partial charge is 0.494 e. The molecule has 0 heterocycles.